The molecule has 1 aliphatic rings. The van der Waals surface area contributed by atoms with Gasteiger partial charge in [0.15, 0.2) is 5.69 Å². The van der Waals surface area contributed by atoms with E-state index in [1.54, 1.807) is 48.5 Å². The molecule has 1 unspecified atom stereocenters. The van der Waals surface area contributed by atoms with Crippen molar-refractivity contribution in [2.45, 2.75) is 6.10 Å². The minimum atomic E-state index is -1.01. The Morgan fingerprint density at radius 2 is 2.00 bits per heavy atom. The zero-order valence-corrected chi connectivity index (χ0v) is 14.7. The Hall–Kier alpha value is -4.01. The number of carbonyl (C=O) groups is 3. The van der Waals surface area contributed by atoms with Gasteiger partial charge in [0.25, 0.3) is 5.91 Å². The zero-order chi connectivity index (χ0) is 19.7. The SMILES string of the molecule is COC(=O)c1cn(-c2cccc(NC(=O)C3OC(=O)c4ccccc43)c2)nn1. The summed E-state index contributed by atoms with van der Waals surface area (Å²) in [6.45, 7) is 0. The predicted octanol–water partition coefficient (Wildman–Crippen LogP) is 1.90. The monoisotopic (exact) mass is 378 g/mol. The summed E-state index contributed by atoms with van der Waals surface area (Å²) in [5.74, 6) is -1.59. The van der Waals surface area contributed by atoms with Gasteiger partial charge in [-0.1, -0.05) is 29.5 Å². The average molecular weight is 378 g/mol. The fraction of sp³-hybridized carbons (Fsp3) is 0.105. The molecule has 28 heavy (non-hydrogen) atoms. The van der Waals surface area contributed by atoms with Gasteiger partial charge in [0.05, 0.1) is 24.6 Å². The predicted molar refractivity (Wildman–Crippen MR) is 95.9 cm³/mol. The molecule has 4 rings (SSSR count). The second-order valence-corrected chi connectivity index (χ2v) is 5.95. The fourth-order valence-corrected chi connectivity index (χ4v) is 2.86. The van der Waals surface area contributed by atoms with Crippen LogP contribution in [0.2, 0.25) is 0 Å². The molecule has 1 amide bonds. The maximum absolute atomic E-state index is 12.6. The van der Waals surface area contributed by atoms with E-state index in [-0.39, 0.29) is 5.69 Å². The van der Waals surface area contributed by atoms with Crippen LogP contribution in [0, 0.1) is 0 Å². The van der Waals surface area contributed by atoms with E-state index in [0.717, 1.165) is 0 Å². The van der Waals surface area contributed by atoms with Gasteiger partial charge in [0.2, 0.25) is 6.10 Å². The number of fused-ring (bicyclic) bond motifs is 1. The van der Waals surface area contributed by atoms with Crippen LogP contribution in [0.1, 0.15) is 32.5 Å². The summed E-state index contributed by atoms with van der Waals surface area (Å²) in [5.41, 5.74) is 2.02. The molecule has 0 saturated heterocycles. The number of hydrogen-bond acceptors (Lipinski definition) is 7. The van der Waals surface area contributed by atoms with Gasteiger partial charge in [0.1, 0.15) is 0 Å². The number of anilines is 1. The van der Waals surface area contributed by atoms with Crippen molar-refractivity contribution in [2.24, 2.45) is 0 Å². The molecule has 1 aliphatic heterocycles. The molecule has 9 heteroatoms. The van der Waals surface area contributed by atoms with Crippen molar-refractivity contribution >= 4 is 23.5 Å². The number of esters is 2. The summed E-state index contributed by atoms with van der Waals surface area (Å²) >= 11 is 0. The highest BCUT2D eigenvalue weighted by molar-refractivity contribution is 6.03. The third-order valence-corrected chi connectivity index (χ3v) is 4.19. The molecule has 2 aromatic carbocycles. The van der Waals surface area contributed by atoms with Crippen LogP contribution in [0.3, 0.4) is 0 Å². The highest BCUT2D eigenvalue weighted by Crippen LogP contribution is 2.31. The Morgan fingerprint density at radius 1 is 1.18 bits per heavy atom. The topological polar surface area (TPSA) is 112 Å². The lowest BCUT2D eigenvalue weighted by Gasteiger charge is -2.12. The standard InChI is InChI=1S/C19H14N4O5/c1-27-19(26)15-10-23(22-21-15)12-6-4-5-11(9-12)20-17(24)16-13-7-2-3-8-14(13)18(25)28-16/h2-10,16H,1H3,(H,20,24). The fourth-order valence-electron chi connectivity index (χ4n) is 2.86. The average Bonchev–Trinajstić information content (AvgIpc) is 3.33. The quantitative estimate of drug-likeness (QED) is 0.690. The molecule has 2 heterocycles. The number of nitrogens with one attached hydrogen (secondary N) is 1. The molecule has 0 bridgehead atoms. The van der Waals surface area contributed by atoms with E-state index >= 15 is 0 Å². The van der Waals surface area contributed by atoms with Crippen LogP contribution in [0.25, 0.3) is 5.69 Å². The van der Waals surface area contributed by atoms with Gasteiger partial charge in [-0.15, -0.1) is 5.10 Å². The first kappa shape index (κ1) is 17.4. The molecule has 1 atom stereocenters. The molecular weight excluding hydrogens is 364 g/mol. The van der Waals surface area contributed by atoms with Crippen LogP contribution < -0.4 is 5.32 Å². The lowest BCUT2D eigenvalue weighted by molar-refractivity contribution is -0.124. The van der Waals surface area contributed by atoms with Crippen molar-refractivity contribution in [3.05, 3.63) is 71.5 Å². The molecule has 0 radical (unpaired) electrons. The van der Waals surface area contributed by atoms with E-state index in [1.165, 1.54) is 18.0 Å². The Bertz CT molecular complexity index is 1090. The number of aromatic nitrogens is 3. The summed E-state index contributed by atoms with van der Waals surface area (Å²) in [4.78, 5) is 36.0. The molecule has 0 fully saturated rings. The van der Waals surface area contributed by atoms with Crippen LogP contribution in [-0.2, 0) is 14.3 Å². The number of methoxy groups -OCH3 is 1. The molecule has 1 N–H and O–H groups in total. The normalized spacial score (nSPS) is 14.9. The zero-order valence-electron chi connectivity index (χ0n) is 14.7. The number of benzene rings is 2. The van der Waals surface area contributed by atoms with Crippen LogP contribution >= 0.6 is 0 Å². The van der Waals surface area contributed by atoms with Gasteiger partial charge in [-0.05, 0) is 24.3 Å². The molecule has 0 saturated carbocycles. The van der Waals surface area contributed by atoms with E-state index in [0.29, 0.717) is 22.5 Å². The maximum Gasteiger partial charge on any atom is 0.360 e. The van der Waals surface area contributed by atoms with Gasteiger partial charge < -0.3 is 14.8 Å². The minimum absolute atomic E-state index is 0.0615. The number of cyclic esters (lactones) is 1. The molecule has 1 aromatic heterocycles. The van der Waals surface area contributed by atoms with E-state index in [1.807, 2.05) is 0 Å². The molecule has 9 nitrogen and oxygen atoms in total. The van der Waals surface area contributed by atoms with E-state index in [2.05, 4.69) is 20.4 Å². The lowest BCUT2D eigenvalue weighted by Crippen LogP contribution is -2.21. The number of amides is 1. The highest BCUT2D eigenvalue weighted by Gasteiger charge is 2.35. The third-order valence-electron chi connectivity index (χ3n) is 4.19. The Morgan fingerprint density at radius 3 is 2.82 bits per heavy atom. The van der Waals surface area contributed by atoms with Crippen molar-refractivity contribution in [3.8, 4) is 5.69 Å². The molecule has 3 aromatic rings. The Labute approximate surface area is 158 Å². The first-order chi connectivity index (χ1) is 13.6. The van der Waals surface area contributed by atoms with E-state index in [9.17, 15) is 14.4 Å². The van der Waals surface area contributed by atoms with Gasteiger partial charge >= 0.3 is 11.9 Å². The van der Waals surface area contributed by atoms with Crippen molar-refractivity contribution in [1.29, 1.82) is 0 Å². The third kappa shape index (κ3) is 3.09. The highest BCUT2D eigenvalue weighted by atomic mass is 16.6. The largest absolute Gasteiger partial charge is 0.464 e. The number of rotatable bonds is 4. The summed E-state index contributed by atoms with van der Waals surface area (Å²) in [6.07, 6.45) is 0.409. The molecule has 0 spiro atoms. The first-order valence-electron chi connectivity index (χ1n) is 8.28. The van der Waals surface area contributed by atoms with Gasteiger partial charge in [-0.2, -0.15) is 0 Å². The molecular formula is C19H14N4O5. The first-order valence-corrected chi connectivity index (χ1v) is 8.28. The van der Waals surface area contributed by atoms with Crippen molar-refractivity contribution in [2.75, 3.05) is 12.4 Å². The van der Waals surface area contributed by atoms with Gasteiger partial charge in [-0.3, -0.25) is 4.79 Å². The number of nitrogens with zero attached hydrogens (tertiary/aromatic N) is 3. The van der Waals surface area contributed by atoms with Crippen LogP contribution in [0.5, 0.6) is 0 Å². The second kappa shape index (κ2) is 6.95. The number of ether oxygens (including phenoxy) is 2. The van der Waals surface area contributed by atoms with E-state index < -0.39 is 23.9 Å². The second-order valence-electron chi connectivity index (χ2n) is 5.95. The van der Waals surface area contributed by atoms with Crippen LogP contribution in [0.4, 0.5) is 5.69 Å². The molecule has 0 aliphatic carbocycles. The molecule has 140 valence electrons. The number of carbonyl (C=O) groups excluding carboxylic acids is 3. The van der Waals surface area contributed by atoms with Crippen molar-refractivity contribution < 1.29 is 23.9 Å². The smallest absolute Gasteiger partial charge is 0.360 e. The van der Waals surface area contributed by atoms with E-state index in [4.69, 9.17) is 4.74 Å². The minimum Gasteiger partial charge on any atom is -0.464 e. The maximum atomic E-state index is 12.6. The summed E-state index contributed by atoms with van der Waals surface area (Å²) in [6, 6.07) is 13.5. The van der Waals surface area contributed by atoms with Crippen LogP contribution in [-0.4, -0.2) is 39.9 Å². The Balaban J connectivity index is 1.54. The number of hydrogen-bond donors (Lipinski definition) is 1. The van der Waals surface area contributed by atoms with Gasteiger partial charge in [-0.25, -0.2) is 14.3 Å². The lowest BCUT2D eigenvalue weighted by atomic mass is 10.0. The summed E-state index contributed by atoms with van der Waals surface area (Å²) in [7, 11) is 1.26. The Kier molecular flexibility index (Phi) is 4.32. The van der Waals surface area contributed by atoms with Crippen molar-refractivity contribution in [1.82, 2.24) is 15.0 Å². The summed E-state index contributed by atoms with van der Waals surface area (Å²) in [5, 5.41) is 10.3. The van der Waals surface area contributed by atoms with Gasteiger partial charge in [0, 0.05) is 11.3 Å². The van der Waals surface area contributed by atoms with Crippen LogP contribution in [0.15, 0.2) is 54.7 Å². The van der Waals surface area contributed by atoms with Crippen molar-refractivity contribution in [3.63, 3.8) is 0 Å². The summed E-state index contributed by atoms with van der Waals surface area (Å²) < 4.78 is 11.2.